The molecule has 0 aliphatic carbocycles. The van der Waals surface area contributed by atoms with Crippen molar-refractivity contribution in [3.63, 3.8) is 0 Å². The van der Waals surface area contributed by atoms with Crippen LogP contribution in [0.5, 0.6) is 11.5 Å². The van der Waals surface area contributed by atoms with Crippen LogP contribution in [-0.4, -0.2) is 23.4 Å². The van der Waals surface area contributed by atoms with E-state index in [-0.39, 0.29) is 12.2 Å². The minimum Gasteiger partial charge on any atom is -0.493 e. The first-order valence-electron chi connectivity index (χ1n) is 6.31. The number of hydrogen-bond acceptors (Lipinski definition) is 4. The van der Waals surface area contributed by atoms with Crippen molar-refractivity contribution in [3.05, 3.63) is 58.5 Å². The zero-order valence-electron chi connectivity index (χ0n) is 11.3. The highest BCUT2D eigenvalue weighted by Gasteiger charge is 2.09. The first-order chi connectivity index (χ1) is 9.76. The molecule has 0 radical (unpaired) electrons. The van der Waals surface area contributed by atoms with Gasteiger partial charge in [-0.05, 0) is 12.1 Å². The van der Waals surface area contributed by atoms with Gasteiger partial charge in [-0.2, -0.15) is 0 Å². The fraction of sp³-hybridized carbons (Fsp3) is 0.267. The van der Waals surface area contributed by atoms with Crippen LogP contribution in [0, 0.1) is 0 Å². The Morgan fingerprint density at radius 2 is 2.05 bits per heavy atom. The SMILES string of the molecule is COc1cccc(CO)c1OCCn1ccccc1=O. The lowest BCUT2D eigenvalue weighted by Crippen LogP contribution is -2.21. The number of benzene rings is 1. The Kier molecular flexibility index (Phi) is 4.79. The molecule has 0 aliphatic rings. The molecule has 0 saturated heterocycles. The highest BCUT2D eigenvalue weighted by Crippen LogP contribution is 2.30. The van der Waals surface area contributed by atoms with E-state index in [2.05, 4.69) is 0 Å². The summed E-state index contributed by atoms with van der Waals surface area (Å²) in [5, 5.41) is 9.31. The van der Waals surface area contributed by atoms with Gasteiger partial charge in [0.1, 0.15) is 6.61 Å². The Bertz CT molecular complexity index is 599. The van der Waals surface area contributed by atoms with Crippen LogP contribution in [0.4, 0.5) is 0 Å². The summed E-state index contributed by atoms with van der Waals surface area (Å²) in [4.78, 5) is 11.6. The monoisotopic (exact) mass is 275 g/mol. The normalized spacial score (nSPS) is 10.3. The molecule has 1 N–H and O–H groups in total. The van der Waals surface area contributed by atoms with Crippen LogP contribution in [0.2, 0.25) is 0 Å². The Hall–Kier alpha value is -2.27. The van der Waals surface area contributed by atoms with Crippen molar-refractivity contribution in [3.8, 4) is 11.5 Å². The topological polar surface area (TPSA) is 60.7 Å². The second-order valence-corrected chi connectivity index (χ2v) is 4.19. The van der Waals surface area contributed by atoms with Crippen LogP contribution in [0.3, 0.4) is 0 Å². The Balaban J connectivity index is 2.08. The molecule has 0 unspecified atom stereocenters. The summed E-state index contributed by atoms with van der Waals surface area (Å²) in [6, 6.07) is 10.3. The number of hydrogen-bond donors (Lipinski definition) is 1. The number of aromatic nitrogens is 1. The van der Waals surface area contributed by atoms with Gasteiger partial charge in [-0.15, -0.1) is 0 Å². The quantitative estimate of drug-likeness (QED) is 0.866. The summed E-state index contributed by atoms with van der Waals surface area (Å²) in [5.41, 5.74) is 0.586. The molecule has 1 aromatic carbocycles. The zero-order chi connectivity index (χ0) is 14.4. The third kappa shape index (κ3) is 3.19. The maximum absolute atomic E-state index is 11.6. The molecule has 2 rings (SSSR count). The van der Waals surface area contributed by atoms with Gasteiger partial charge in [0.05, 0.1) is 20.3 Å². The van der Waals surface area contributed by atoms with E-state index in [1.54, 1.807) is 48.2 Å². The van der Waals surface area contributed by atoms with Gasteiger partial charge in [0.25, 0.3) is 5.56 Å². The van der Waals surface area contributed by atoms with Gasteiger partial charge in [-0.1, -0.05) is 18.2 Å². The third-order valence-electron chi connectivity index (χ3n) is 2.93. The van der Waals surface area contributed by atoms with E-state index < -0.39 is 0 Å². The van der Waals surface area contributed by atoms with E-state index in [9.17, 15) is 9.90 Å². The molecule has 0 saturated carbocycles. The van der Waals surface area contributed by atoms with Crippen molar-refractivity contribution in [2.45, 2.75) is 13.2 Å². The van der Waals surface area contributed by atoms with Crippen LogP contribution >= 0.6 is 0 Å². The molecule has 0 atom stereocenters. The smallest absolute Gasteiger partial charge is 0.250 e. The lowest BCUT2D eigenvalue weighted by atomic mass is 10.2. The predicted molar refractivity (Wildman–Crippen MR) is 75.1 cm³/mol. The highest BCUT2D eigenvalue weighted by molar-refractivity contribution is 5.46. The molecule has 0 spiro atoms. The lowest BCUT2D eigenvalue weighted by molar-refractivity contribution is 0.248. The van der Waals surface area contributed by atoms with E-state index in [0.29, 0.717) is 30.2 Å². The maximum atomic E-state index is 11.6. The summed E-state index contributed by atoms with van der Waals surface area (Å²) in [6.45, 7) is 0.623. The van der Waals surface area contributed by atoms with E-state index in [1.165, 1.54) is 6.07 Å². The van der Waals surface area contributed by atoms with Gasteiger partial charge < -0.3 is 19.1 Å². The molecule has 106 valence electrons. The molecule has 20 heavy (non-hydrogen) atoms. The van der Waals surface area contributed by atoms with Crippen LogP contribution in [0.15, 0.2) is 47.4 Å². The molecule has 0 bridgehead atoms. The third-order valence-corrected chi connectivity index (χ3v) is 2.93. The van der Waals surface area contributed by atoms with Crippen molar-refractivity contribution in [2.24, 2.45) is 0 Å². The number of pyridine rings is 1. The maximum Gasteiger partial charge on any atom is 0.250 e. The molecular formula is C15H17NO4. The molecule has 1 heterocycles. The number of rotatable bonds is 6. The van der Waals surface area contributed by atoms with Crippen LogP contribution in [0.25, 0.3) is 0 Å². The first kappa shape index (κ1) is 14.1. The average Bonchev–Trinajstić information content (AvgIpc) is 2.49. The van der Waals surface area contributed by atoms with Gasteiger partial charge in [-0.3, -0.25) is 4.79 Å². The van der Waals surface area contributed by atoms with Crippen molar-refractivity contribution in [1.29, 1.82) is 0 Å². The Labute approximate surface area is 117 Å². The molecular weight excluding hydrogens is 258 g/mol. The van der Waals surface area contributed by atoms with E-state index >= 15 is 0 Å². The second kappa shape index (κ2) is 6.77. The summed E-state index contributed by atoms with van der Waals surface area (Å²) in [5.74, 6) is 1.08. The first-order valence-corrected chi connectivity index (χ1v) is 6.31. The Morgan fingerprint density at radius 3 is 2.75 bits per heavy atom. The molecule has 2 aromatic rings. The predicted octanol–water partition coefficient (Wildman–Crippen LogP) is 1.43. The standard InChI is InChI=1S/C15H17NO4/c1-19-13-6-4-5-12(11-17)15(13)20-10-9-16-8-3-2-7-14(16)18/h2-8,17H,9-11H2,1H3. The zero-order valence-corrected chi connectivity index (χ0v) is 11.3. The average molecular weight is 275 g/mol. The number of ether oxygens (including phenoxy) is 2. The van der Waals surface area contributed by atoms with Crippen molar-refractivity contribution in [1.82, 2.24) is 4.57 Å². The molecule has 1 aromatic heterocycles. The fourth-order valence-corrected chi connectivity index (χ4v) is 1.90. The van der Waals surface area contributed by atoms with Crippen molar-refractivity contribution >= 4 is 0 Å². The van der Waals surface area contributed by atoms with Crippen LogP contribution in [0.1, 0.15) is 5.56 Å². The second-order valence-electron chi connectivity index (χ2n) is 4.19. The summed E-state index contributed by atoms with van der Waals surface area (Å²) in [7, 11) is 1.55. The summed E-state index contributed by atoms with van der Waals surface area (Å²) < 4.78 is 12.4. The number of aliphatic hydroxyl groups excluding tert-OH is 1. The van der Waals surface area contributed by atoms with Gasteiger partial charge in [0.2, 0.25) is 0 Å². The minimum absolute atomic E-state index is 0.0708. The molecule has 5 heteroatoms. The molecule has 5 nitrogen and oxygen atoms in total. The van der Waals surface area contributed by atoms with Gasteiger partial charge in [-0.25, -0.2) is 0 Å². The largest absolute Gasteiger partial charge is 0.493 e. The Morgan fingerprint density at radius 1 is 1.20 bits per heavy atom. The molecule has 0 aliphatic heterocycles. The lowest BCUT2D eigenvalue weighted by Gasteiger charge is -2.14. The number of methoxy groups -OCH3 is 1. The number of aliphatic hydroxyl groups is 1. The van der Waals surface area contributed by atoms with E-state index in [1.807, 2.05) is 0 Å². The highest BCUT2D eigenvalue weighted by atomic mass is 16.5. The van der Waals surface area contributed by atoms with E-state index in [4.69, 9.17) is 9.47 Å². The summed E-state index contributed by atoms with van der Waals surface area (Å²) >= 11 is 0. The van der Waals surface area contributed by atoms with Crippen LogP contribution < -0.4 is 15.0 Å². The minimum atomic E-state index is -0.127. The molecule has 0 fully saturated rings. The van der Waals surface area contributed by atoms with Gasteiger partial charge in [0.15, 0.2) is 11.5 Å². The van der Waals surface area contributed by atoms with E-state index in [0.717, 1.165) is 0 Å². The number of nitrogens with zero attached hydrogens (tertiary/aromatic N) is 1. The van der Waals surface area contributed by atoms with Crippen molar-refractivity contribution < 1.29 is 14.6 Å². The fourth-order valence-electron chi connectivity index (χ4n) is 1.90. The van der Waals surface area contributed by atoms with Crippen molar-refractivity contribution in [2.75, 3.05) is 13.7 Å². The van der Waals surface area contributed by atoms with Gasteiger partial charge in [0, 0.05) is 17.8 Å². The van der Waals surface area contributed by atoms with Crippen LogP contribution in [-0.2, 0) is 13.2 Å². The summed E-state index contributed by atoms with van der Waals surface area (Å²) in [6.07, 6.45) is 1.71. The molecule has 0 amide bonds. The van der Waals surface area contributed by atoms with Gasteiger partial charge >= 0.3 is 0 Å². The number of para-hydroxylation sites is 1.